The average molecular weight is 195 g/mol. The summed E-state index contributed by atoms with van der Waals surface area (Å²) in [5, 5.41) is 20.2. The Balaban J connectivity index is 3.22. The summed E-state index contributed by atoms with van der Waals surface area (Å²) in [4.78, 5) is 10.2. The van der Waals surface area contributed by atoms with Gasteiger partial charge in [0.25, 0.3) is 5.69 Å². The van der Waals surface area contributed by atoms with Gasteiger partial charge in [0, 0.05) is 6.07 Å². The molecular formula is C10H13NO3. The molecule has 14 heavy (non-hydrogen) atoms. The first kappa shape index (κ1) is 10.7. The zero-order valence-corrected chi connectivity index (χ0v) is 8.23. The van der Waals surface area contributed by atoms with Crippen molar-refractivity contribution >= 4 is 5.69 Å². The highest BCUT2D eigenvalue weighted by Crippen LogP contribution is 2.27. The van der Waals surface area contributed by atoms with Crippen molar-refractivity contribution in [3.05, 3.63) is 39.4 Å². The van der Waals surface area contributed by atoms with Gasteiger partial charge in [-0.3, -0.25) is 10.1 Å². The van der Waals surface area contributed by atoms with Crippen LogP contribution in [0.2, 0.25) is 0 Å². The number of benzene rings is 1. The van der Waals surface area contributed by atoms with Gasteiger partial charge in [0.2, 0.25) is 0 Å². The summed E-state index contributed by atoms with van der Waals surface area (Å²) in [5.41, 5.74) is 1.31. The van der Waals surface area contributed by atoms with E-state index < -0.39 is 11.0 Å². The fourth-order valence-corrected chi connectivity index (χ4v) is 1.33. The standard InChI is InChI=1S/C10H13NO3/c1-3-10(12)8-6-7(2)4-5-9(8)11(13)14/h4-6,10,12H,3H2,1-2H3/t10-/m0/s1. The third-order valence-electron chi connectivity index (χ3n) is 2.13. The minimum Gasteiger partial charge on any atom is -0.388 e. The first-order chi connectivity index (χ1) is 6.56. The highest BCUT2D eigenvalue weighted by molar-refractivity contribution is 5.43. The third-order valence-corrected chi connectivity index (χ3v) is 2.13. The maximum Gasteiger partial charge on any atom is 0.275 e. The predicted molar refractivity (Wildman–Crippen MR) is 53.1 cm³/mol. The minimum atomic E-state index is -0.754. The lowest BCUT2D eigenvalue weighted by Gasteiger charge is -2.09. The van der Waals surface area contributed by atoms with Gasteiger partial charge in [-0.15, -0.1) is 0 Å². The highest BCUT2D eigenvalue weighted by Gasteiger charge is 2.18. The van der Waals surface area contributed by atoms with Crippen LogP contribution < -0.4 is 0 Å². The Bertz CT molecular complexity index is 349. The van der Waals surface area contributed by atoms with E-state index in [0.717, 1.165) is 5.56 Å². The number of aliphatic hydroxyl groups is 1. The molecule has 1 rings (SSSR count). The van der Waals surface area contributed by atoms with Gasteiger partial charge in [-0.2, -0.15) is 0 Å². The van der Waals surface area contributed by atoms with E-state index in [1.54, 1.807) is 19.1 Å². The molecule has 0 aromatic heterocycles. The van der Waals surface area contributed by atoms with Gasteiger partial charge in [0.15, 0.2) is 0 Å². The number of nitro benzene ring substituents is 1. The van der Waals surface area contributed by atoms with Gasteiger partial charge in [-0.25, -0.2) is 0 Å². The Morgan fingerprint density at radius 2 is 2.21 bits per heavy atom. The van der Waals surface area contributed by atoms with Gasteiger partial charge >= 0.3 is 0 Å². The molecule has 0 bridgehead atoms. The zero-order chi connectivity index (χ0) is 10.7. The van der Waals surface area contributed by atoms with Gasteiger partial charge < -0.3 is 5.11 Å². The average Bonchev–Trinajstić information content (AvgIpc) is 2.16. The van der Waals surface area contributed by atoms with Crippen molar-refractivity contribution < 1.29 is 10.0 Å². The van der Waals surface area contributed by atoms with Crippen molar-refractivity contribution in [1.82, 2.24) is 0 Å². The number of aryl methyl sites for hydroxylation is 1. The molecule has 0 aliphatic heterocycles. The normalized spacial score (nSPS) is 12.5. The summed E-state index contributed by atoms with van der Waals surface area (Å²) in [5.74, 6) is 0. The van der Waals surface area contributed by atoms with E-state index in [-0.39, 0.29) is 5.69 Å². The summed E-state index contributed by atoms with van der Waals surface area (Å²) in [6.45, 7) is 3.63. The van der Waals surface area contributed by atoms with E-state index in [1.165, 1.54) is 6.07 Å². The second-order valence-electron chi connectivity index (χ2n) is 3.24. The molecule has 0 fully saturated rings. The van der Waals surface area contributed by atoms with Crippen molar-refractivity contribution in [2.75, 3.05) is 0 Å². The van der Waals surface area contributed by atoms with Crippen molar-refractivity contribution in [3.8, 4) is 0 Å². The number of hydrogen-bond donors (Lipinski definition) is 1. The SMILES string of the molecule is CC[C@H](O)c1cc(C)ccc1[N+](=O)[O-]. The quantitative estimate of drug-likeness (QED) is 0.594. The Morgan fingerprint density at radius 3 is 2.71 bits per heavy atom. The van der Waals surface area contributed by atoms with Crippen molar-refractivity contribution in [2.45, 2.75) is 26.4 Å². The maximum absolute atomic E-state index is 10.6. The molecule has 0 spiro atoms. The molecule has 4 nitrogen and oxygen atoms in total. The van der Waals surface area contributed by atoms with E-state index in [2.05, 4.69) is 0 Å². The van der Waals surface area contributed by atoms with Crippen LogP contribution in [0, 0.1) is 17.0 Å². The van der Waals surface area contributed by atoms with Crippen molar-refractivity contribution in [3.63, 3.8) is 0 Å². The molecule has 1 aromatic rings. The molecule has 4 heteroatoms. The van der Waals surface area contributed by atoms with E-state index in [4.69, 9.17) is 0 Å². The number of nitrogens with zero attached hydrogens (tertiary/aromatic N) is 1. The van der Waals surface area contributed by atoms with E-state index >= 15 is 0 Å². The smallest absolute Gasteiger partial charge is 0.275 e. The number of rotatable bonds is 3. The van der Waals surface area contributed by atoms with Gasteiger partial charge in [-0.1, -0.05) is 18.6 Å². The second kappa shape index (κ2) is 4.19. The second-order valence-corrected chi connectivity index (χ2v) is 3.24. The number of aliphatic hydroxyl groups excluding tert-OH is 1. The molecule has 1 N–H and O–H groups in total. The van der Waals surface area contributed by atoms with Crippen LogP contribution in [0.4, 0.5) is 5.69 Å². The van der Waals surface area contributed by atoms with Crippen molar-refractivity contribution in [2.24, 2.45) is 0 Å². The molecule has 0 radical (unpaired) electrons. The molecular weight excluding hydrogens is 182 g/mol. The van der Waals surface area contributed by atoms with Crippen LogP contribution in [0.5, 0.6) is 0 Å². The Kier molecular flexibility index (Phi) is 3.19. The Hall–Kier alpha value is -1.42. The molecule has 0 unspecified atom stereocenters. The van der Waals surface area contributed by atoms with E-state index in [9.17, 15) is 15.2 Å². The summed E-state index contributed by atoms with van der Waals surface area (Å²) in [6.07, 6.45) is -0.278. The van der Waals surface area contributed by atoms with E-state index in [1.807, 2.05) is 6.92 Å². The summed E-state index contributed by atoms with van der Waals surface area (Å²) >= 11 is 0. The topological polar surface area (TPSA) is 63.4 Å². The van der Waals surface area contributed by atoms with Gasteiger partial charge in [0.1, 0.15) is 0 Å². The molecule has 0 amide bonds. The van der Waals surface area contributed by atoms with E-state index in [0.29, 0.717) is 12.0 Å². The largest absolute Gasteiger partial charge is 0.388 e. The van der Waals surface area contributed by atoms with Crippen LogP contribution in [0.1, 0.15) is 30.6 Å². The molecule has 1 atom stereocenters. The molecule has 76 valence electrons. The molecule has 1 aromatic carbocycles. The van der Waals surface area contributed by atoms with Crippen LogP contribution in [0.25, 0.3) is 0 Å². The molecule has 0 aliphatic rings. The summed E-state index contributed by atoms with van der Waals surface area (Å²) < 4.78 is 0. The first-order valence-corrected chi connectivity index (χ1v) is 4.49. The minimum absolute atomic E-state index is 0.00931. The molecule has 0 saturated carbocycles. The maximum atomic E-state index is 10.6. The fourth-order valence-electron chi connectivity index (χ4n) is 1.33. The summed E-state index contributed by atoms with van der Waals surface area (Å²) in [7, 11) is 0. The Labute approximate surface area is 82.3 Å². The monoisotopic (exact) mass is 195 g/mol. The zero-order valence-electron chi connectivity index (χ0n) is 8.23. The lowest BCUT2D eigenvalue weighted by Crippen LogP contribution is -2.01. The predicted octanol–water partition coefficient (Wildman–Crippen LogP) is 2.35. The third kappa shape index (κ3) is 2.09. The van der Waals surface area contributed by atoms with Crippen LogP contribution in [0.15, 0.2) is 18.2 Å². The molecule has 0 heterocycles. The first-order valence-electron chi connectivity index (χ1n) is 4.49. The van der Waals surface area contributed by atoms with Gasteiger partial charge in [-0.05, 0) is 19.4 Å². The molecule has 0 aliphatic carbocycles. The lowest BCUT2D eigenvalue weighted by molar-refractivity contribution is -0.386. The molecule has 0 saturated heterocycles. The number of hydrogen-bond acceptors (Lipinski definition) is 3. The number of nitro groups is 1. The lowest BCUT2D eigenvalue weighted by atomic mass is 10.0. The summed E-state index contributed by atoms with van der Waals surface area (Å²) in [6, 6.07) is 4.76. The van der Waals surface area contributed by atoms with Crippen LogP contribution in [0.3, 0.4) is 0 Å². The Morgan fingerprint density at radius 1 is 1.57 bits per heavy atom. The fraction of sp³-hybridized carbons (Fsp3) is 0.400. The van der Waals surface area contributed by atoms with Crippen molar-refractivity contribution in [1.29, 1.82) is 0 Å². The van der Waals surface area contributed by atoms with Crippen LogP contribution in [-0.2, 0) is 0 Å². The van der Waals surface area contributed by atoms with Gasteiger partial charge in [0.05, 0.1) is 16.6 Å². The van der Waals surface area contributed by atoms with Crippen LogP contribution in [-0.4, -0.2) is 10.0 Å². The highest BCUT2D eigenvalue weighted by atomic mass is 16.6. The van der Waals surface area contributed by atoms with Crippen LogP contribution >= 0.6 is 0 Å².